The predicted molar refractivity (Wildman–Crippen MR) is 69.7 cm³/mol. The standard InChI is InChI=1S/C13H17F3N2O3/c1-21-7-6-17-12(20)18-8-11(19)9-4-2-3-5-10(9)13(14,15)16/h2-5,11,19H,6-8H2,1H3,(H2,17,18,20). The molecule has 1 atom stereocenters. The number of benzene rings is 1. The molecule has 0 spiro atoms. The fourth-order valence-corrected chi connectivity index (χ4v) is 1.67. The zero-order chi connectivity index (χ0) is 15.9. The highest BCUT2D eigenvalue weighted by Crippen LogP contribution is 2.34. The molecule has 0 aliphatic carbocycles. The van der Waals surface area contributed by atoms with Gasteiger partial charge in [0.2, 0.25) is 0 Å². The van der Waals surface area contributed by atoms with E-state index in [9.17, 15) is 23.1 Å². The maximum absolute atomic E-state index is 12.8. The number of methoxy groups -OCH3 is 1. The van der Waals surface area contributed by atoms with Gasteiger partial charge >= 0.3 is 12.2 Å². The molecule has 118 valence electrons. The Hall–Kier alpha value is -1.80. The molecule has 0 fully saturated rings. The summed E-state index contributed by atoms with van der Waals surface area (Å²) in [6, 6.07) is 4.11. The van der Waals surface area contributed by atoms with E-state index >= 15 is 0 Å². The van der Waals surface area contributed by atoms with E-state index in [1.807, 2.05) is 0 Å². The van der Waals surface area contributed by atoms with Crippen LogP contribution in [-0.2, 0) is 10.9 Å². The minimum atomic E-state index is -4.56. The van der Waals surface area contributed by atoms with Crippen LogP contribution in [0.15, 0.2) is 24.3 Å². The van der Waals surface area contributed by atoms with Gasteiger partial charge in [-0.3, -0.25) is 0 Å². The maximum Gasteiger partial charge on any atom is 0.416 e. The molecule has 0 radical (unpaired) electrons. The van der Waals surface area contributed by atoms with Gasteiger partial charge in [0.25, 0.3) is 0 Å². The predicted octanol–water partition coefficient (Wildman–Crippen LogP) is 1.68. The van der Waals surface area contributed by atoms with Crippen molar-refractivity contribution >= 4 is 6.03 Å². The van der Waals surface area contributed by atoms with Gasteiger partial charge < -0.3 is 20.5 Å². The highest BCUT2D eigenvalue weighted by atomic mass is 19.4. The highest BCUT2D eigenvalue weighted by molar-refractivity contribution is 5.73. The average Bonchev–Trinajstić information content (AvgIpc) is 2.44. The van der Waals surface area contributed by atoms with Crippen LogP contribution in [0.2, 0.25) is 0 Å². The maximum atomic E-state index is 12.8. The number of halogens is 3. The first-order chi connectivity index (χ1) is 9.86. The lowest BCUT2D eigenvalue weighted by molar-refractivity contribution is -0.139. The molecule has 0 saturated heterocycles. The molecular formula is C13H17F3N2O3. The zero-order valence-electron chi connectivity index (χ0n) is 11.4. The third kappa shape index (κ3) is 5.60. The van der Waals surface area contributed by atoms with Crippen molar-refractivity contribution in [3.8, 4) is 0 Å². The van der Waals surface area contributed by atoms with Crippen LogP contribution in [0, 0.1) is 0 Å². The smallest absolute Gasteiger partial charge is 0.387 e. The lowest BCUT2D eigenvalue weighted by Crippen LogP contribution is -2.39. The summed E-state index contributed by atoms with van der Waals surface area (Å²) in [5, 5.41) is 14.5. The number of aliphatic hydroxyl groups excluding tert-OH is 1. The number of ether oxygens (including phenoxy) is 1. The van der Waals surface area contributed by atoms with Crippen molar-refractivity contribution in [3.63, 3.8) is 0 Å². The molecule has 1 aromatic rings. The van der Waals surface area contributed by atoms with E-state index in [4.69, 9.17) is 4.74 Å². The van der Waals surface area contributed by atoms with Crippen molar-refractivity contribution < 1.29 is 27.8 Å². The first-order valence-corrected chi connectivity index (χ1v) is 6.21. The molecule has 8 heteroatoms. The van der Waals surface area contributed by atoms with Crippen LogP contribution in [0.25, 0.3) is 0 Å². The number of nitrogens with one attached hydrogen (secondary N) is 2. The lowest BCUT2D eigenvalue weighted by Gasteiger charge is -2.18. The van der Waals surface area contributed by atoms with E-state index in [-0.39, 0.29) is 18.7 Å². The molecule has 2 amide bonds. The molecule has 21 heavy (non-hydrogen) atoms. The van der Waals surface area contributed by atoms with E-state index in [1.54, 1.807) is 0 Å². The minimum absolute atomic E-state index is 0.261. The number of amides is 2. The zero-order valence-corrected chi connectivity index (χ0v) is 11.4. The number of carbonyl (C=O) groups excluding carboxylic acids is 1. The Morgan fingerprint density at radius 1 is 1.33 bits per heavy atom. The molecule has 1 unspecified atom stereocenters. The summed E-state index contributed by atoms with van der Waals surface area (Å²) in [5.41, 5.74) is -1.19. The Balaban J connectivity index is 2.60. The number of hydrogen-bond acceptors (Lipinski definition) is 3. The second kappa shape index (κ2) is 7.84. The van der Waals surface area contributed by atoms with Crippen LogP contribution in [0.1, 0.15) is 17.2 Å². The summed E-state index contributed by atoms with van der Waals surface area (Å²) in [6.07, 6.45) is -6.01. The Kier molecular flexibility index (Phi) is 6.44. The Bertz CT molecular complexity index is 466. The number of rotatable bonds is 6. The Labute approximate surface area is 120 Å². The van der Waals surface area contributed by atoms with E-state index in [0.717, 1.165) is 6.07 Å². The van der Waals surface area contributed by atoms with Crippen LogP contribution >= 0.6 is 0 Å². The quantitative estimate of drug-likeness (QED) is 0.700. The van der Waals surface area contributed by atoms with Gasteiger partial charge in [0.1, 0.15) is 0 Å². The van der Waals surface area contributed by atoms with Crippen LogP contribution in [0.4, 0.5) is 18.0 Å². The van der Waals surface area contributed by atoms with E-state index in [1.165, 1.54) is 25.3 Å². The van der Waals surface area contributed by atoms with Gasteiger partial charge in [-0.15, -0.1) is 0 Å². The topological polar surface area (TPSA) is 70.6 Å². The van der Waals surface area contributed by atoms with Gasteiger partial charge in [-0.2, -0.15) is 13.2 Å². The van der Waals surface area contributed by atoms with Crippen molar-refractivity contribution in [2.45, 2.75) is 12.3 Å². The van der Waals surface area contributed by atoms with Gasteiger partial charge in [0.15, 0.2) is 0 Å². The van der Waals surface area contributed by atoms with Crippen molar-refractivity contribution in [2.75, 3.05) is 26.8 Å². The molecule has 0 heterocycles. The van der Waals surface area contributed by atoms with E-state index < -0.39 is 23.9 Å². The lowest BCUT2D eigenvalue weighted by atomic mass is 10.0. The molecule has 5 nitrogen and oxygen atoms in total. The fourth-order valence-electron chi connectivity index (χ4n) is 1.67. The van der Waals surface area contributed by atoms with Gasteiger partial charge in [0.05, 0.1) is 18.3 Å². The van der Waals surface area contributed by atoms with Crippen molar-refractivity contribution in [3.05, 3.63) is 35.4 Å². The van der Waals surface area contributed by atoms with Crippen molar-refractivity contribution in [1.29, 1.82) is 0 Å². The third-order valence-electron chi connectivity index (χ3n) is 2.67. The number of aliphatic hydroxyl groups is 1. The minimum Gasteiger partial charge on any atom is -0.387 e. The highest BCUT2D eigenvalue weighted by Gasteiger charge is 2.34. The summed E-state index contributed by atoms with van der Waals surface area (Å²) in [4.78, 5) is 11.3. The average molecular weight is 306 g/mol. The van der Waals surface area contributed by atoms with Crippen LogP contribution < -0.4 is 10.6 Å². The largest absolute Gasteiger partial charge is 0.416 e. The molecule has 1 rings (SSSR count). The molecule has 0 aromatic heterocycles. The number of hydrogen-bond donors (Lipinski definition) is 3. The summed E-state index contributed by atoms with van der Waals surface area (Å²) >= 11 is 0. The normalized spacial score (nSPS) is 12.8. The molecular weight excluding hydrogens is 289 g/mol. The Morgan fingerprint density at radius 3 is 2.62 bits per heavy atom. The second-order valence-corrected chi connectivity index (χ2v) is 4.23. The number of carbonyl (C=O) groups is 1. The van der Waals surface area contributed by atoms with E-state index in [0.29, 0.717) is 6.61 Å². The third-order valence-corrected chi connectivity index (χ3v) is 2.67. The number of alkyl halides is 3. The monoisotopic (exact) mass is 306 g/mol. The Morgan fingerprint density at radius 2 is 2.00 bits per heavy atom. The second-order valence-electron chi connectivity index (χ2n) is 4.23. The molecule has 1 aromatic carbocycles. The van der Waals surface area contributed by atoms with Gasteiger partial charge in [-0.05, 0) is 11.6 Å². The van der Waals surface area contributed by atoms with Gasteiger partial charge in [-0.1, -0.05) is 18.2 Å². The summed E-state index contributed by atoms with van der Waals surface area (Å²) in [7, 11) is 1.47. The van der Waals surface area contributed by atoms with Crippen molar-refractivity contribution in [1.82, 2.24) is 10.6 Å². The van der Waals surface area contributed by atoms with Crippen LogP contribution in [-0.4, -0.2) is 37.9 Å². The van der Waals surface area contributed by atoms with Gasteiger partial charge in [0, 0.05) is 20.2 Å². The summed E-state index contributed by atoms with van der Waals surface area (Å²) in [6.45, 7) is 0.246. The van der Waals surface area contributed by atoms with Gasteiger partial charge in [-0.25, -0.2) is 4.79 Å². The molecule has 3 N–H and O–H groups in total. The first kappa shape index (κ1) is 17.3. The molecule has 0 bridgehead atoms. The number of urea groups is 1. The molecule has 0 saturated carbocycles. The first-order valence-electron chi connectivity index (χ1n) is 6.21. The van der Waals surface area contributed by atoms with Crippen LogP contribution in [0.3, 0.4) is 0 Å². The van der Waals surface area contributed by atoms with Crippen LogP contribution in [0.5, 0.6) is 0 Å². The summed E-state index contributed by atoms with van der Waals surface area (Å²) in [5.74, 6) is 0. The fraction of sp³-hybridized carbons (Fsp3) is 0.462. The van der Waals surface area contributed by atoms with Crippen molar-refractivity contribution in [2.24, 2.45) is 0 Å². The van der Waals surface area contributed by atoms with E-state index in [2.05, 4.69) is 10.6 Å². The summed E-state index contributed by atoms with van der Waals surface area (Å²) < 4.78 is 43.1. The SMILES string of the molecule is COCCNC(=O)NCC(O)c1ccccc1C(F)(F)F. The molecule has 0 aliphatic rings. The molecule has 0 aliphatic heterocycles.